The van der Waals surface area contributed by atoms with Gasteiger partial charge in [-0.3, -0.25) is 0 Å². The Labute approximate surface area is 125 Å². The molecule has 0 amide bonds. The number of benzene rings is 1. The number of hydrogen-bond donors (Lipinski definition) is 0. The highest BCUT2D eigenvalue weighted by Crippen LogP contribution is 2.21. The number of likely N-dealkylation sites (N-methyl/N-ethyl adjacent to an activating group) is 1. The molecule has 0 spiro atoms. The van der Waals surface area contributed by atoms with E-state index in [0.29, 0.717) is 5.56 Å². The average Bonchev–Trinajstić information content (AvgIpc) is 3.04. The summed E-state index contributed by atoms with van der Waals surface area (Å²) in [5.74, 6) is 0.879. The number of likely N-dealkylation sites (tertiary alicyclic amines) is 1. The second-order valence-electron chi connectivity index (χ2n) is 5.63. The highest BCUT2D eigenvalue weighted by molar-refractivity contribution is 5.86. The summed E-state index contributed by atoms with van der Waals surface area (Å²) in [5.41, 5.74) is 1.59. The minimum absolute atomic E-state index is 0.698. The molecule has 3 rings (SSSR count). The summed E-state index contributed by atoms with van der Waals surface area (Å²) in [6.45, 7) is 4.42. The van der Waals surface area contributed by atoms with E-state index >= 15 is 0 Å². The van der Waals surface area contributed by atoms with Crippen molar-refractivity contribution >= 4 is 16.7 Å². The normalized spacial score (nSPS) is 15.2. The average molecular weight is 280 g/mol. The van der Waals surface area contributed by atoms with Crippen molar-refractivity contribution in [3.8, 4) is 6.07 Å². The van der Waals surface area contributed by atoms with Gasteiger partial charge in [-0.2, -0.15) is 5.26 Å². The van der Waals surface area contributed by atoms with Crippen LogP contribution in [0, 0.1) is 11.3 Å². The minimum atomic E-state index is 0.698. The van der Waals surface area contributed by atoms with Crippen molar-refractivity contribution in [2.75, 3.05) is 38.1 Å². The molecule has 1 fully saturated rings. The topological polar surface area (TPSA) is 43.2 Å². The molecule has 2 heterocycles. The standard InChI is InChI=1S/C17H20N4/c1-20(10-11-21-8-4-5-9-21)17-12-14(13-18)15-6-2-3-7-16(15)19-17/h2-3,6-7,12H,4-5,8-11H2,1H3. The van der Waals surface area contributed by atoms with Crippen LogP contribution in [-0.2, 0) is 0 Å². The monoisotopic (exact) mass is 280 g/mol. The molecule has 108 valence electrons. The zero-order valence-corrected chi connectivity index (χ0v) is 12.4. The lowest BCUT2D eigenvalue weighted by Crippen LogP contribution is -2.31. The largest absolute Gasteiger partial charge is 0.358 e. The van der Waals surface area contributed by atoms with E-state index < -0.39 is 0 Å². The number of pyridine rings is 1. The molecule has 4 heteroatoms. The SMILES string of the molecule is CN(CCN1CCCC1)c1cc(C#N)c2ccccc2n1. The number of hydrogen-bond acceptors (Lipinski definition) is 4. The molecule has 1 saturated heterocycles. The molecule has 0 N–H and O–H groups in total. The molecule has 1 aliphatic heterocycles. The molecule has 1 aromatic carbocycles. The van der Waals surface area contributed by atoms with E-state index in [9.17, 15) is 5.26 Å². The van der Waals surface area contributed by atoms with Crippen LogP contribution in [0.25, 0.3) is 10.9 Å². The van der Waals surface area contributed by atoms with E-state index in [1.165, 1.54) is 25.9 Å². The van der Waals surface area contributed by atoms with Crippen LogP contribution in [0.5, 0.6) is 0 Å². The number of anilines is 1. The van der Waals surface area contributed by atoms with Crippen molar-refractivity contribution in [1.82, 2.24) is 9.88 Å². The molecular formula is C17H20N4. The van der Waals surface area contributed by atoms with Gasteiger partial charge >= 0.3 is 0 Å². The summed E-state index contributed by atoms with van der Waals surface area (Å²) in [7, 11) is 2.05. The van der Waals surface area contributed by atoms with Crippen molar-refractivity contribution in [3.05, 3.63) is 35.9 Å². The third kappa shape index (κ3) is 2.98. The maximum atomic E-state index is 9.34. The lowest BCUT2D eigenvalue weighted by Gasteiger charge is -2.22. The lowest BCUT2D eigenvalue weighted by atomic mass is 10.1. The minimum Gasteiger partial charge on any atom is -0.358 e. The fraction of sp³-hybridized carbons (Fsp3) is 0.412. The van der Waals surface area contributed by atoms with Crippen molar-refractivity contribution in [2.24, 2.45) is 0 Å². The molecule has 1 aromatic heterocycles. The number of para-hydroxylation sites is 1. The Morgan fingerprint density at radius 1 is 1.29 bits per heavy atom. The molecule has 0 bridgehead atoms. The van der Waals surface area contributed by atoms with Crippen LogP contribution in [-0.4, -0.2) is 43.1 Å². The summed E-state index contributed by atoms with van der Waals surface area (Å²) in [6, 6.07) is 12.0. The van der Waals surface area contributed by atoms with Gasteiger partial charge in [0.2, 0.25) is 0 Å². The molecule has 2 aromatic rings. The predicted molar refractivity (Wildman–Crippen MR) is 85.4 cm³/mol. The summed E-state index contributed by atoms with van der Waals surface area (Å²) in [5, 5.41) is 10.3. The number of nitriles is 1. The number of nitrogens with zero attached hydrogens (tertiary/aromatic N) is 4. The van der Waals surface area contributed by atoms with Gasteiger partial charge in [0.05, 0.1) is 17.1 Å². The van der Waals surface area contributed by atoms with Crippen LogP contribution in [0.4, 0.5) is 5.82 Å². The highest BCUT2D eigenvalue weighted by Gasteiger charge is 2.13. The quantitative estimate of drug-likeness (QED) is 0.863. The first kappa shape index (κ1) is 13.8. The molecule has 1 aliphatic rings. The second-order valence-corrected chi connectivity index (χ2v) is 5.63. The van der Waals surface area contributed by atoms with Crippen LogP contribution in [0.15, 0.2) is 30.3 Å². The van der Waals surface area contributed by atoms with Gasteiger partial charge in [-0.1, -0.05) is 18.2 Å². The number of aromatic nitrogens is 1. The molecule has 0 unspecified atom stereocenters. The molecular weight excluding hydrogens is 260 g/mol. The van der Waals surface area contributed by atoms with Gasteiger partial charge < -0.3 is 9.80 Å². The summed E-state index contributed by atoms with van der Waals surface area (Å²) >= 11 is 0. The first-order valence-electron chi connectivity index (χ1n) is 7.51. The fourth-order valence-electron chi connectivity index (χ4n) is 2.86. The summed E-state index contributed by atoms with van der Waals surface area (Å²) < 4.78 is 0. The summed E-state index contributed by atoms with van der Waals surface area (Å²) in [4.78, 5) is 9.32. The van der Waals surface area contributed by atoms with Crippen molar-refractivity contribution in [3.63, 3.8) is 0 Å². The highest BCUT2D eigenvalue weighted by atomic mass is 15.2. The molecule has 4 nitrogen and oxygen atoms in total. The van der Waals surface area contributed by atoms with E-state index in [4.69, 9.17) is 0 Å². The fourth-order valence-corrected chi connectivity index (χ4v) is 2.86. The van der Waals surface area contributed by atoms with Crippen LogP contribution in [0.2, 0.25) is 0 Å². The first-order chi connectivity index (χ1) is 10.3. The van der Waals surface area contributed by atoms with E-state index in [-0.39, 0.29) is 0 Å². The van der Waals surface area contributed by atoms with Crippen molar-refractivity contribution < 1.29 is 0 Å². The van der Waals surface area contributed by atoms with Crippen LogP contribution >= 0.6 is 0 Å². The zero-order valence-electron chi connectivity index (χ0n) is 12.4. The molecule has 21 heavy (non-hydrogen) atoms. The van der Waals surface area contributed by atoms with Gasteiger partial charge in [0, 0.05) is 25.5 Å². The van der Waals surface area contributed by atoms with E-state index in [0.717, 1.165) is 29.8 Å². The van der Waals surface area contributed by atoms with Gasteiger partial charge in [-0.25, -0.2) is 4.98 Å². The third-order valence-electron chi connectivity index (χ3n) is 4.16. The smallest absolute Gasteiger partial charge is 0.130 e. The Morgan fingerprint density at radius 2 is 2.05 bits per heavy atom. The van der Waals surface area contributed by atoms with E-state index in [1.54, 1.807) is 0 Å². The van der Waals surface area contributed by atoms with Gasteiger partial charge in [-0.15, -0.1) is 0 Å². The molecule has 0 radical (unpaired) electrons. The van der Waals surface area contributed by atoms with Crippen LogP contribution in [0.1, 0.15) is 18.4 Å². The van der Waals surface area contributed by atoms with E-state index in [2.05, 4.69) is 20.9 Å². The Hall–Kier alpha value is -2.12. The zero-order chi connectivity index (χ0) is 14.7. The Kier molecular flexibility index (Phi) is 4.03. The maximum absolute atomic E-state index is 9.34. The number of rotatable bonds is 4. The Balaban J connectivity index is 1.80. The van der Waals surface area contributed by atoms with Crippen molar-refractivity contribution in [1.29, 1.82) is 5.26 Å². The predicted octanol–water partition coefficient (Wildman–Crippen LogP) is 2.64. The lowest BCUT2D eigenvalue weighted by molar-refractivity contribution is 0.346. The molecule has 0 saturated carbocycles. The molecule has 0 aliphatic carbocycles. The first-order valence-corrected chi connectivity index (χ1v) is 7.51. The Bertz CT molecular complexity index is 668. The second kappa shape index (κ2) is 6.11. The Morgan fingerprint density at radius 3 is 2.81 bits per heavy atom. The van der Waals surface area contributed by atoms with E-state index in [1.807, 2.05) is 37.4 Å². The van der Waals surface area contributed by atoms with Gasteiger partial charge in [0.1, 0.15) is 5.82 Å². The summed E-state index contributed by atoms with van der Waals surface area (Å²) in [6.07, 6.45) is 2.63. The van der Waals surface area contributed by atoms with Crippen LogP contribution < -0.4 is 4.90 Å². The van der Waals surface area contributed by atoms with Gasteiger partial charge in [0.25, 0.3) is 0 Å². The molecule has 0 atom stereocenters. The van der Waals surface area contributed by atoms with Crippen LogP contribution in [0.3, 0.4) is 0 Å². The van der Waals surface area contributed by atoms with Gasteiger partial charge in [0.15, 0.2) is 0 Å². The number of fused-ring (bicyclic) bond motifs is 1. The maximum Gasteiger partial charge on any atom is 0.130 e. The van der Waals surface area contributed by atoms with Crippen molar-refractivity contribution in [2.45, 2.75) is 12.8 Å². The van der Waals surface area contributed by atoms with Gasteiger partial charge in [-0.05, 0) is 38.1 Å². The third-order valence-corrected chi connectivity index (χ3v) is 4.16.